The molecule has 3 heterocycles. The molecule has 0 radical (unpaired) electrons. The van der Waals surface area contributed by atoms with E-state index >= 15 is 0 Å². The summed E-state index contributed by atoms with van der Waals surface area (Å²) in [7, 11) is 0. The molecule has 3 aliphatic rings. The number of amides is 2. The van der Waals surface area contributed by atoms with Crippen LogP contribution in [0.2, 0.25) is 0 Å². The smallest absolute Gasteiger partial charge is 0.311 e. The van der Waals surface area contributed by atoms with Gasteiger partial charge in [0, 0.05) is 17.8 Å². The summed E-state index contributed by atoms with van der Waals surface area (Å²) in [5.74, 6) is -1.96. The van der Waals surface area contributed by atoms with Crippen LogP contribution in [-0.4, -0.2) is 80.6 Å². The van der Waals surface area contributed by atoms with Crippen molar-refractivity contribution in [3.05, 3.63) is 25.3 Å². The van der Waals surface area contributed by atoms with Crippen LogP contribution in [0, 0.1) is 11.8 Å². The first-order chi connectivity index (χ1) is 14.2. The summed E-state index contributed by atoms with van der Waals surface area (Å²) in [5.41, 5.74) is 0. The Balaban J connectivity index is 2.04. The van der Waals surface area contributed by atoms with Crippen LogP contribution < -0.4 is 0 Å². The zero-order valence-electron chi connectivity index (χ0n) is 18.0. The van der Waals surface area contributed by atoms with Gasteiger partial charge in [0.15, 0.2) is 0 Å². The Bertz CT molecular complexity index is 741. The highest BCUT2D eigenvalue weighted by atomic mass is 32.2. The maximum atomic E-state index is 13.8. The van der Waals surface area contributed by atoms with E-state index in [2.05, 4.69) is 13.2 Å². The molecule has 0 aliphatic carbocycles. The van der Waals surface area contributed by atoms with Crippen LogP contribution in [0.15, 0.2) is 25.3 Å². The Morgan fingerprint density at radius 1 is 1.37 bits per heavy atom. The standard InChI is InChI=1S/C22H32N2O5S/c1-6-10-23(13(3)4)20(27)18-22-9-8-15(30-22)16(21(28)29-11-7-2)17(22)19(26)24(18)14(5)12-25/h6-7,13-18,25H,1-2,8-12H2,3-5H3/t14-,15+,16-,17+,18?,22?/m1/s1. The van der Waals surface area contributed by atoms with Crippen LogP contribution in [0.1, 0.15) is 33.6 Å². The molecule has 0 aromatic carbocycles. The van der Waals surface area contributed by atoms with Gasteiger partial charge in [-0.2, -0.15) is 0 Å². The molecular formula is C22H32N2O5S. The van der Waals surface area contributed by atoms with Gasteiger partial charge >= 0.3 is 5.97 Å². The molecule has 2 unspecified atom stereocenters. The van der Waals surface area contributed by atoms with E-state index in [0.717, 1.165) is 6.42 Å². The van der Waals surface area contributed by atoms with Gasteiger partial charge in [0.05, 0.1) is 29.2 Å². The lowest BCUT2D eigenvalue weighted by molar-refractivity contribution is -0.153. The number of carbonyl (C=O) groups excluding carboxylic acids is 3. The fourth-order valence-electron chi connectivity index (χ4n) is 5.29. The minimum atomic E-state index is -0.716. The van der Waals surface area contributed by atoms with E-state index in [0.29, 0.717) is 13.0 Å². The largest absolute Gasteiger partial charge is 0.461 e. The van der Waals surface area contributed by atoms with Crippen molar-refractivity contribution in [2.45, 2.75) is 61.7 Å². The molecular weight excluding hydrogens is 404 g/mol. The van der Waals surface area contributed by atoms with Gasteiger partial charge in [-0.3, -0.25) is 14.4 Å². The number of hydrogen-bond acceptors (Lipinski definition) is 6. The Morgan fingerprint density at radius 3 is 2.63 bits per heavy atom. The Hall–Kier alpha value is -1.80. The molecule has 6 atom stereocenters. The van der Waals surface area contributed by atoms with E-state index in [4.69, 9.17) is 4.74 Å². The SMILES string of the molecule is C=CCOC(=O)[C@@H]1[C@@H]2CCC3(S2)C(C(=O)N(CC=C)C(C)C)N([C@H](C)CO)C(=O)[C@H]13. The Morgan fingerprint density at radius 2 is 2.07 bits per heavy atom. The second-order valence-electron chi connectivity index (χ2n) is 8.62. The van der Waals surface area contributed by atoms with Crippen LogP contribution in [0.5, 0.6) is 0 Å². The van der Waals surface area contributed by atoms with Crippen LogP contribution in [-0.2, 0) is 19.1 Å². The summed E-state index contributed by atoms with van der Waals surface area (Å²) in [6.07, 6.45) is 4.64. The van der Waals surface area contributed by atoms with Gasteiger partial charge in [-0.1, -0.05) is 18.7 Å². The first-order valence-electron chi connectivity index (χ1n) is 10.5. The Kier molecular flexibility index (Phi) is 6.67. The summed E-state index contributed by atoms with van der Waals surface area (Å²) < 4.78 is 4.65. The summed E-state index contributed by atoms with van der Waals surface area (Å²) in [5, 5.41) is 9.80. The quantitative estimate of drug-likeness (QED) is 0.437. The van der Waals surface area contributed by atoms with Crippen molar-refractivity contribution in [3.8, 4) is 0 Å². The van der Waals surface area contributed by atoms with Gasteiger partial charge in [0.25, 0.3) is 0 Å². The molecule has 3 rings (SSSR count). The number of esters is 1. The van der Waals surface area contributed by atoms with Crippen molar-refractivity contribution < 1.29 is 24.2 Å². The number of hydrogen-bond donors (Lipinski definition) is 1. The van der Waals surface area contributed by atoms with Crippen LogP contribution in [0.25, 0.3) is 0 Å². The third-order valence-corrected chi connectivity index (χ3v) is 8.51. The fraction of sp³-hybridized carbons (Fsp3) is 0.682. The summed E-state index contributed by atoms with van der Waals surface area (Å²) in [4.78, 5) is 43.5. The zero-order valence-corrected chi connectivity index (χ0v) is 18.8. The molecule has 3 fully saturated rings. The topological polar surface area (TPSA) is 87.2 Å². The normalized spacial score (nSPS) is 32.8. The number of fused-ring (bicyclic) bond motifs is 1. The molecule has 30 heavy (non-hydrogen) atoms. The number of rotatable bonds is 9. The van der Waals surface area contributed by atoms with E-state index in [-0.39, 0.29) is 36.3 Å². The number of ether oxygens (including phenoxy) is 1. The molecule has 166 valence electrons. The monoisotopic (exact) mass is 436 g/mol. The summed E-state index contributed by atoms with van der Waals surface area (Å²) in [6, 6.07) is -1.30. The summed E-state index contributed by atoms with van der Waals surface area (Å²) in [6.45, 7) is 13.2. The van der Waals surface area contributed by atoms with Crippen molar-refractivity contribution in [3.63, 3.8) is 0 Å². The average Bonchev–Trinajstić information content (AvgIpc) is 3.36. The third kappa shape index (κ3) is 3.38. The molecule has 3 saturated heterocycles. The predicted molar refractivity (Wildman–Crippen MR) is 116 cm³/mol. The molecule has 8 heteroatoms. The number of likely N-dealkylation sites (tertiary alicyclic amines) is 1. The number of thioether (sulfide) groups is 1. The van der Waals surface area contributed by atoms with E-state index in [1.54, 1.807) is 29.7 Å². The van der Waals surface area contributed by atoms with Gasteiger partial charge in [0.2, 0.25) is 11.8 Å². The predicted octanol–water partition coefficient (Wildman–Crippen LogP) is 1.61. The van der Waals surface area contributed by atoms with Crippen LogP contribution in [0.3, 0.4) is 0 Å². The molecule has 2 bridgehead atoms. The molecule has 7 nitrogen and oxygen atoms in total. The third-order valence-electron chi connectivity index (χ3n) is 6.56. The van der Waals surface area contributed by atoms with E-state index in [1.165, 1.54) is 11.0 Å². The van der Waals surface area contributed by atoms with Crippen molar-refractivity contribution in [2.24, 2.45) is 11.8 Å². The first kappa shape index (κ1) is 22.9. The molecule has 1 N–H and O–H groups in total. The zero-order chi connectivity index (χ0) is 22.2. The van der Waals surface area contributed by atoms with E-state index in [9.17, 15) is 19.5 Å². The number of nitrogens with zero attached hydrogens (tertiary/aromatic N) is 2. The fourth-order valence-corrected chi connectivity index (χ4v) is 7.48. The van der Waals surface area contributed by atoms with E-state index in [1.807, 2.05) is 13.8 Å². The summed E-state index contributed by atoms with van der Waals surface area (Å²) >= 11 is 1.59. The molecule has 3 aliphatic heterocycles. The van der Waals surface area contributed by atoms with E-state index < -0.39 is 34.6 Å². The molecule has 0 saturated carbocycles. The highest BCUT2D eigenvalue weighted by Crippen LogP contribution is 2.66. The van der Waals surface area contributed by atoms with Crippen molar-refractivity contribution >= 4 is 29.5 Å². The van der Waals surface area contributed by atoms with Gasteiger partial charge in [-0.05, 0) is 33.6 Å². The second-order valence-corrected chi connectivity index (χ2v) is 10.2. The minimum absolute atomic E-state index is 0.0370. The van der Waals surface area contributed by atoms with Crippen molar-refractivity contribution in [2.75, 3.05) is 19.8 Å². The maximum absolute atomic E-state index is 13.8. The highest BCUT2D eigenvalue weighted by Gasteiger charge is 2.74. The lowest BCUT2D eigenvalue weighted by atomic mass is 9.71. The van der Waals surface area contributed by atoms with Gasteiger partial charge in [0.1, 0.15) is 12.6 Å². The van der Waals surface area contributed by atoms with Crippen molar-refractivity contribution in [1.82, 2.24) is 9.80 Å². The number of carbonyl (C=O) groups is 3. The minimum Gasteiger partial charge on any atom is -0.461 e. The van der Waals surface area contributed by atoms with Gasteiger partial charge in [-0.25, -0.2) is 0 Å². The van der Waals surface area contributed by atoms with Crippen LogP contribution in [0.4, 0.5) is 0 Å². The van der Waals surface area contributed by atoms with Crippen LogP contribution >= 0.6 is 11.8 Å². The molecule has 2 amide bonds. The second kappa shape index (κ2) is 8.75. The number of aliphatic hydroxyl groups is 1. The highest BCUT2D eigenvalue weighted by molar-refractivity contribution is 8.02. The number of aliphatic hydroxyl groups excluding tert-OH is 1. The first-order valence-corrected chi connectivity index (χ1v) is 11.4. The molecule has 1 spiro atoms. The average molecular weight is 437 g/mol. The lowest BCUT2D eigenvalue weighted by Crippen LogP contribution is -2.58. The molecule has 0 aromatic heterocycles. The van der Waals surface area contributed by atoms with Crippen molar-refractivity contribution in [1.29, 1.82) is 0 Å². The maximum Gasteiger partial charge on any atom is 0.311 e. The molecule has 0 aromatic rings. The Labute approximate surface area is 182 Å². The van der Waals surface area contributed by atoms with Gasteiger partial charge in [-0.15, -0.1) is 18.3 Å². The van der Waals surface area contributed by atoms with Gasteiger partial charge < -0.3 is 19.6 Å². The lowest BCUT2D eigenvalue weighted by Gasteiger charge is -2.40.